The molecule has 3 aromatic rings. The molecular formula is C18H21BrN4O3. The van der Waals surface area contributed by atoms with Crippen LogP contribution in [0.5, 0.6) is 0 Å². The Kier molecular flexibility index (Phi) is 4.62. The lowest BCUT2D eigenvalue weighted by Crippen LogP contribution is -2.21. The van der Waals surface area contributed by atoms with Crippen LogP contribution in [0.3, 0.4) is 0 Å². The van der Waals surface area contributed by atoms with Crippen LogP contribution < -0.4 is 5.32 Å². The summed E-state index contributed by atoms with van der Waals surface area (Å²) < 4.78 is 15.2. The summed E-state index contributed by atoms with van der Waals surface area (Å²) in [6, 6.07) is 5.74. The van der Waals surface area contributed by atoms with Crippen molar-refractivity contribution in [2.24, 2.45) is 5.92 Å². The van der Waals surface area contributed by atoms with Crippen LogP contribution in [0, 0.1) is 5.92 Å². The fraction of sp³-hybridized carbons (Fsp3) is 0.444. The summed E-state index contributed by atoms with van der Waals surface area (Å²) in [6.07, 6.45) is 4.17. The van der Waals surface area contributed by atoms with Crippen molar-refractivity contribution < 1.29 is 13.9 Å². The van der Waals surface area contributed by atoms with Gasteiger partial charge in [0.2, 0.25) is 0 Å². The first-order valence-electron chi connectivity index (χ1n) is 8.71. The number of halogens is 1. The van der Waals surface area contributed by atoms with Crippen molar-refractivity contribution in [2.75, 3.05) is 19.0 Å². The molecule has 1 fully saturated rings. The minimum absolute atomic E-state index is 0.187. The molecular weight excluding hydrogens is 400 g/mol. The number of amides is 1. The third-order valence-electron chi connectivity index (χ3n) is 4.91. The van der Waals surface area contributed by atoms with Crippen LogP contribution in [0.1, 0.15) is 36.3 Å². The molecule has 0 aliphatic heterocycles. The van der Waals surface area contributed by atoms with Gasteiger partial charge in [-0.2, -0.15) is 5.10 Å². The number of hydrogen-bond acceptors (Lipinski definition) is 4. The number of furan rings is 1. The molecule has 1 saturated carbocycles. The Hall–Kier alpha value is -2.06. The zero-order valence-electron chi connectivity index (χ0n) is 14.7. The molecule has 1 N–H and O–H groups in total. The SMILES string of the molecule is COCCn1c(C(=O)Nc2ccnn2C(C)C2CC2)cc2oc(Br)cc21. The van der Waals surface area contributed by atoms with E-state index in [0.29, 0.717) is 40.8 Å². The first-order chi connectivity index (χ1) is 12.6. The lowest BCUT2D eigenvalue weighted by atomic mass is 10.2. The molecule has 4 rings (SSSR count). The lowest BCUT2D eigenvalue weighted by molar-refractivity contribution is 0.101. The summed E-state index contributed by atoms with van der Waals surface area (Å²) in [7, 11) is 1.64. The van der Waals surface area contributed by atoms with E-state index in [1.807, 2.05) is 21.4 Å². The van der Waals surface area contributed by atoms with Crippen LogP contribution in [0.4, 0.5) is 5.82 Å². The summed E-state index contributed by atoms with van der Waals surface area (Å²) >= 11 is 3.34. The van der Waals surface area contributed by atoms with E-state index in [4.69, 9.17) is 9.15 Å². The number of ether oxygens (including phenoxy) is 1. The van der Waals surface area contributed by atoms with E-state index in [2.05, 4.69) is 33.3 Å². The van der Waals surface area contributed by atoms with E-state index >= 15 is 0 Å². The van der Waals surface area contributed by atoms with Gasteiger partial charge in [0.05, 0.1) is 24.4 Å². The van der Waals surface area contributed by atoms with Crippen molar-refractivity contribution in [2.45, 2.75) is 32.4 Å². The highest BCUT2D eigenvalue weighted by molar-refractivity contribution is 9.10. The highest BCUT2D eigenvalue weighted by atomic mass is 79.9. The van der Waals surface area contributed by atoms with Crippen LogP contribution in [-0.4, -0.2) is 34.0 Å². The molecule has 0 bridgehead atoms. The second kappa shape index (κ2) is 6.92. The summed E-state index contributed by atoms with van der Waals surface area (Å²) in [5.74, 6) is 1.18. The molecule has 1 atom stereocenters. The molecule has 26 heavy (non-hydrogen) atoms. The Morgan fingerprint density at radius 3 is 3.04 bits per heavy atom. The van der Waals surface area contributed by atoms with Crippen LogP contribution >= 0.6 is 15.9 Å². The van der Waals surface area contributed by atoms with Crippen molar-refractivity contribution in [3.63, 3.8) is 0 Å². The zero-order valence-corrected chi connectivity index (χ0v) is 16.3. The van der Waals surface area contributed by atoms with Crippen molar-refractivity contribution in [1.29, 1.82) is 0 Å². The second-order valence-corrected chi connectivity index (χ2v) is 7.45. The number of aromatic nitrogens is 3. The molecule has 0 aromatic carbocycles. The summed E-state index contributed by atoms with van der Waals surface area (Å²) in [6.45, 7) is 3.21. The van der Waals surface area contributed by atoms with Gasteiger partial charge in [-0.3, -0.25) is 4.79 Å². The molecule has 0 radical (unpaired) electrons. The highest BCUT2D eigenvalue weighted by Crippen LogP contribution is 2.40. The monoisotopic (exact) mass is 420 g/mol. The first-order valence-corrected chi connectivity index (χ1v) is 9.50. The topological polar surface area (TPSA) is 74.2 Å². The Labute approximate surface area is 159 Å². The molecule has 8 heteroatoms. The average molecular weight is 421 g/mol. The van der Waals surface area contributed by atoms with Gasteiger partial charge in [0.15, 0.2) is 10.3 Å². The smallest absolute Gasteiger partial charge is 0.273 e. The van der Waals surface area contributed by atoms with Gasteiger partial charge < -0.3 is 19.0 Å². The maximum Gasteiger partial charge on any atom is 0.273 e. The van der Waals surface area contributed by atoms with E-state index in [9.17, 15) is 4.79 Å². The maximum absolute atomic E-state index is 12.9. The maximum atomic E-state index is 12.9. The van der Waals surface area contributed by atoms with Gasteiger partial charge in [-0.25, -0.2) is 4.68 Å². The minimum Gasteiger partial charge on any atom is -0.448 e. The third kappa shape index (κ3) is 3.19. The van der Waals surface area contributed by atoms with Gasteiger partial charge in [0.1, 0.15) is 11.5 Å². The van der Waals surface area contributed by atoms with Gasteiger partial charge in [-0.15, -0.1) is 0 Å². The van der Waals surface area contributed by atoms with E-state index in [1.165, 1.54) is 12.8 Å². The fourth-order valence-corrected chi connectivity index (χ4v) is 3.71. The predicted octanol–water partition coefficient (Wildman–Crippen LogP) is 4.06. The Balaban J connectivity index is 1.62. The molecule has 0 saturated heterocycles. The third-order valence-corrected chi connectivity index (χ3v) is 5.30. The molecule has 1 aliphatic carbocycles. The zero-order chi connectivity index (χ0) is 18.3. The molecule has 3 heterocycles. The van der Waals surface area contributed by atoms with E-state index < -0.39 is 0 Å². The standard InChI is InChI=1S/C18H21BrN4O3/c1-11(12-3-4-12)23-17(5-6-20-23)21-18(24)14-9-15-13(10-16(19)26-15)22(14)7-8-25-2/h5-6,9-12H,3-4,7-8H2,1-2H3,(H,21,24). The van der Waals surface area contributed by atoms with Gasteiger partial charge in [-0.05, 0) is 41.6 Å². The number of methoxy groups -OCH3 is 1. The Bertz CT molecular complexity index is 938. The molecule has 1 amide bonds. The van der Waals surface area contributed by atoms with Gasteiger partial charge in [0, 0.05) is 31.9 Å². The lowest BCUT2D eigenvalue weighted by Gasteiger charge is -2.16. The van der Waals surface area contributed by atoms with Crippen molar-refractivity contribution in [3.05, 3.63) is 34.8 Å². The number of nitrogens with one attached hydrogen (secondary N) is 1. The van der Waals surface area contributed by atoms with Gasteiger partial charge in [0.25, 0.3) is 5.91 Å². The highest BCUT2D eigenvalue weighted by Gasteiger charge is 2.31. The summed E-state index contributed by atoms with van der Waals surface area (Å²) in [5, 5.41) is 7.39. The number of carbonyl (C=O) groups excluding carboxylic acids is 1. The van der Waals surface area contributed by atoms with Crippen molar-refractivity contribution in [1.82, 2.24) is 14.3 Å². The Morgan fingerprint density at radius 2 is 2.31 bits per heavy atom. The van der Waals surface area contributed by atoms with E-state index in [1.54, 1.807) is 19.4 Å². The molecule has 7 nitrogen and oxygen atoms in total. The van der Waals surface area contributed by atoms with Crippen LogP contribution in [0.2, 0.25) is 0 Å². The number of hydrogen-bond donors (Lipinski definition) is 1. The summed E-state index contributed by atoms with van der Waals surface area (Å²) in [5.41, 5.74) is 2.06. The van der Waals surface area contributed by atoms with Crippen LogP contribution in [-0.2, 0) is 11.3 Å². The second-order valence-electron chi connectivity index (χ2n) is 6.67. The fourth-order valence-electron chi connectivity index (χ4n) is 3.32. The quantitative estimate of drug-likeness (QED) is 0.625. The normalized spacial score (nSPS) is 15.5. The number of carbonyl (C=O) groups is 1. The van der Waals surface area contributed by atoms with Crippen LogP contribution in [0.15, 0.2) is 33.5 Å². The number of rotatable bonds is 7. The largest absolute Gasteiger partial charge is 0.448 e. The Morgan fingerprint density at radius 1 is 1.50 bits per heavy atom. The van der Waals surface area contributed by atoms with Gasteiger partial charge in [-0.1, -0.05) is 0 Å². The number of fused-ring (bicyclic) bond motifs is 1. The van der Waals surface area contributed by atoms with Crippen molar-refractivity contribution in [3.8, 4) is 0 Å². The summed E-state index contributed by atoms with van der Waals surface area (Å²) in [4.78, 5) is 12.9. The van der Waals surface area contributed by atoms with E-state index in [-0.39, 0.29) is 11.9 Å². The molecule has 1 unspecified atom stereocenters. The minimum atomic E-state index is -0.187. The van der Waals surface area contributed by atoms with Crippen LogP contribution in [0.25, 0.3) is 11.1 Å². The van der Waals surface area contributed by atoms with Crippen molar-refractivity contribution >= 4 is 38.8 Å². The molecule has 0 spiro atoms. The first kappa shape index (κ1) is 17.4. The van der Waals surface area contributed by atoms with E-state index in [0.717, 1.165) is 5.52 Å². The molecule has 138 valence electrons. The molecule has 1 aliphatic rings. The van der Waals surface area contributed by atoms with Gasteiger partial charge >= 0.3 is 0 Å². The molecule has 3 aromatic heterocycles. The average Bonchev–Trinajstić information content (AvgIpc) is 3.13. The number of anilines is 1. The predicted molar refractivity (Wildman–Crippen MR) is 101 cm³/mol. The number of nitrogens with zero attached hydrogens (tertiary/aromatic N) is 3.